The molecule has 2 aromatic rings. The molecule has 1 N–H and O–H groups in total. The predicted molar refractivity (Wildman–Crippen MR) is 98.3 cm³/mol. The smallest absolute Gasteiger partial charge is 0.225 e. The van der Waals surface area contributed by atoms with E-state index in [1.54, 1.807) is 11.8 Å². The summed E-state index contributed by atoms with van der Waals surface area (Å²) in [4.78, 5) is 14.3. The first kappa shape index (κ1) is 17.6. The lowest BCUT2D eigenvalue weighted by molar-refractivity contribution is -0.116. The molecule has 1 heterocycles. The molecule has 0 fully saturated rings. The number of aryl methyl sites for hydroxylation is 2. The zero-order valence-corrected chi connectivity index (χ0v) is 15.2. The Kier molecular flexibility index (Phi) is 6.26. The van der Waals surface area contributed by atoms with Crippen LogP contribution >= 0.6 is 23.1 Å². The number of thioether (sulfide) groups is 1. The maximum atomic E-state index is 12.0. The van der Waals surface area contributed by atoms with Gasteiger partial charge in [0.05, 0.1) is 5.56 Å². The lowest BCUT2D eigenvalue weighted by Crippen LogP contribution is -2.11. The molecular formula is C18H20N2OS2. The molecule has 1 aromatic heterocycles. The number of benzene rings is 1. The van der Waals surface area contributed by atoms with Gasteiger partial charge in [-0.25, -0.2) is 0 Å². The Morgan fingerprint density at radius 2 is 1.96 bits per heavy atom. The number of thiophene rings is 1. The summed E-state index contributed by atoms with van der Waals surface area (Å²) in [7, 11) is 0. The fraction of sp³-hybridized carbons (Fsp3) is 0.333. The molecule has 3 nitrogen and oxygen atoms in total. The normalized spacial score (nSPS) is 10.3. The summed E-state index contributed by atoms with van der Waals surface area (Å²) in [6.07, 6.45) is 1.29. The van der Waals surface area contributed by atoms with Crippen molar-refractivity contribution in [1.29, 1.82) is 5.26 Å². The van der Waals surface area contributed by atoms with E-state index < -0.39 is 0 Å². The van der Waals surface area contributed by atoms with Crippen LogP contribution in [0, 0.1) is 32.1 Å². The summed E-state index contributed by atoms with van der Waals surface area (Å²) in [6, 6.07) is 10.6. The molecule has 0 atom stereocenters. The topological polar surface area (TPSA) is 52.9 Å². The van der Waals surface area contributed by atoms with Gasteiger partial charge in [0.1, 0.15) is 11.1 Å². The molecule has 0 radical (unpaired) electrons. The van der Waals surface area contributed by atoms with Crippen LogP contribution < -0.4 is 5.32 Å². The Balaban J connectivity index is 1.78. The highest BCUT2D eigenvalue weighted by molar-refractivity contribution is 7.99. The standard InChI is InChI=1S/C18H20N2OS2/c1-12-6-8-15(9-7-12)22-10-4-5-17(21)20-18-16(11-19)13(2)14(3)23-18/h6-9H,4-5,10H2,1-3H3,(H,20,21). The highest BCUT2D eigenvalue weighted by atomic mass is 32.2. The van der Waals surface area contributed by atoms with Crippen LogP contribution in [0.2, 0.25) is 0 Å². The minimum atomic E-state index is -0.0211. The average molecular weight is 345 g/mol. The average Bonchev–Trinajstić information content (AvgIpc) is 2.79. The largest absolute Gasteiger partial charge is 0.317 e. The third-order valence-electron chi connectivity index (χ3n) is 3.59. The first-order valence-corrected chi connectivity index (χ1v) is 9.31. The van der Waals surface area contributed by atoms with Crippen LogP contribution in [0.25, 0.3) is 0 Å². The number of carbonyl (C=O) groups is 1. The minimum absolute atomic E-state index is 0.0211. The molecule has 5 heteroatoms. The molecule has 2 rings (SSSR count). The second kappa shape index (κ2) is 8.19. The Labute approximate surface area is 145 Å². The molecule has 0 saturated heterocycles. The maximum Gasteiger partial charge on any atom is 0.225 e. The molecule has 0 saturated carbocycles. The van der Waals surface area contributed by atoms with Crippen molar-refractivity contribution in [3.63, 3.8) is 0 Å². The number of amides is 1. The fourth-order valence-corrected chi connectivity index (χ4v) is 3.98. The monoisotopic (exact) mass is 344 g/mol. The first-order chi connectivity index (χ1) is 11.0. The van der Waals surface area contributed by atoms with Crippen molar-refractivity contribution < 1.29 is 4.79 Å². The summed E-state index contributed by atoms with van der Waals surface area (Å²) < 4.78 is 0. The van der Waals surface area contributed by atoms with E-state index in [1.165, 1.54) is 21.8 Å². The molecule has 1 aromatic carbocycles. The van der Waals surface area contributed by atoms with Gasteiger partial charge in [0.25, 0.3) is 0 Å². The van der Waals surface area contributed by atoms with E-state index in [9.17, 15) is 10.1 Å². The van der Waals surface area contributed by atoms with E-state index in [1.807, 2.05) is 13.8 Å². The van der Waals surface area contributed by atoms with Gasteiger partial charge in [0, 0.05) is 16.2 Å². The number of nitrogens with zero attached hydrogens (tertiary/aromatic N) is 1. The van der Waals surface area contributed by atoms with Crippen LogP contribution in [0.5, 0.6) is 0 Å². The van der Waals surface area contributed by atoms with Gasteiger partial charge < -0.3 is 5.32 Å². The second-order valence-corrected chi connectivity index (χ2v) is 7.81. The van der Waals surface area contributed by atoms with Gasteiger partial charge in [-0.3, -0.25) is 4.79 Å². The summed E-state index contributed by atoms with van der Waals surface area (Å²) in [5.41, 5.74) is 2.81. The van der Waals surface area contributed by atoms with Crippen LogP contribution in [0.15, 0.2) is 29.2 Å². The molecule has 120 valence electrons. The number of hydrogen-bond donors (Lipinski definition) is 1. The minimum Gasteiger partial charge on any atom is -0.317 e. The Morgan fingerprint density at radius 1 is 1.26 bits per heavy atom. The Morgan fingerprint density at radius 3 is 2.61 bits per heavy atom. The quantitative estimate of drug-likeness (QED) is 0.589. The van der Waals surface area contributed by atoms with Crippen molar-refractivity contribution in [2.75, 3.05) is 11.1 Å². The molecule has 23 heavy (non-hydrogen) atoms. The molecule has 0 spiro atoms. The summed E-state index contributed by atoms with van der Waals surface area (Å²) in [6.45, 7) is 5.95. The molecule has 0 aliphatic heterocycles. The van der Waals surface area contributed by atoms with Crippen molar-refractivity contribution in [3.8, 4) is 6.07 Å². The fourth-order valence-electron chi connectivity index (χ4n) is 2.10. The summed E-state index contributed by atoms with van der Waals surface area (Å²) in [5.74, 6) is 0.886. The number of carbonyl (C=O) groups excluding carboxylic acids is 1. The van der Waals surface area contributed by atoms with Crippen LogP contribution in [0.4, 0.5) is 5.00 Å². The zero-order chi connectivity index (χ0) is 16.8. The third-order valence-corrected chi connectivity index (χ3v) is 5.81. The molecule has 0 aliphatic rings. The van der Waals surface area contributed by atoms with Gasteiger partial charge in [0.2, 0.25) is 5.91 Å². The Hall–Kier alpha value is -1.77. The summed E-state index contributed by atoms with van der Waals surface area (Å²) >= 11 is 3.23. The summed E-state index contributed by atoms with van der Waals surface area (Å²) in [5, 5.41) is 12.7. The first-order valence-electron chi connectivity index (χ1n) is 7.50. The lowest BCUT2D eigenvalue weighted by Gasteiger charge is -2.04. The van der Waals surface area contributed by atoms with E-state index >= 15 is 0 Å². The molecule has 1 amide bonds. The number of rotatable bonds is 6. The van der Waals surface area contributed by atoms with Crippen molar-refractivity contribution >= 4 is 34.0 Å². The van der Waals surface area contributed by atoms with Crippen LogP contribution in [-0.4, -0.2) is 11.7 Å². The van der Waals surface area contributed by atoms with Crippen LogP contribution in [0.1, 0.15) is 34.4 Å². The van der Waals surface area contributed by atoms with Gasteiger partial charge in [-0.15, -0.1) is 23.1 Å². The number of nitriles is 1. The number of anilines is 1. The molecule has 0 bridgehead atoms. The van der Waals surface area contributed by atoms with Crippen molar-refractivity contribution in [2.45, 2.75) is 38.5 Å². The van der Waals surface area contributed by atoms with E-state index in [0.29, 0.717) is 17.0 Å². The van der Waals surface area contributed by atoms with E-state index in [4.69, 9.17) is 0 Å². The Bertz CT molecular complexity index is 727. The number of nitrogens with one attached hydrogen (secondary N) is 1. The third kappa shape index (κ3) is 4.85. The van der Waals surface area contributed by atoms with Crippen LogP contribution in [0.3, 0.4) is 0 Å². The van der Waals surface area contributed by atoms with Gasteiger partial charge in [0.15, 0.2) is 0 Å². The SMILES string of the molecule is Cc1ccc(SCCCC(=O)Nc2sc(C)c(C)c2C#N)cc1. The van der Waals surface area contributed by atoms with E-state index in [0.717, 1.165) is 22.6 Å². The molecule has 0 unspecified atom stereocenters. The molecule has 0 aliphatic carbocycles. The van der Waals surface area contributed by atoms with Crippen molar-refractivity contribution in [1.82, 2.24) is 0 Å². The van der Waals surface area contributed by atoms with Gasteiger partial charge in [-0.2, -0.15) is 5.26 Å². The predicted octanol–water partition coefficient (Wildman–Crippen LogP) is 5.06. The highest BCUT2D eigenvalue weighted by Gasteiger charge is 2.14. The van der Waals surface area contributed by atoms with Gasteiger partial charge in [-0.1, -0.05) is 17.7 Å². The van der Waals surface area contributed by atoms with Crippen molar-refractivity contribution in [3.05, 3.63) is 45.8 Å². The zero-order valence-electron chi connectivity index (χ0n) is 13.6. The maximum absolute atomic E-state index is 12.0. The van der Waals surface area contributed by atoms with Gasteiger partial charge in [-0.05, 0) is 50.6 Å². The second-order valence-electron chi connectivity index (χ2n) is 5.41. The lowest BCUT2D eigenvalue weighted by atomic mass is 10.2. The molecular weight excluding hydrogens is 324 g/mol. The highest BCUT2D eigenvalue weighted by Crippen LogP contribution is 2.31. The van der Waals surface area contributed by atoms with E-state index in [-0.39, 0.29) is 5.91 Å². The van der Waals surface area contributed by atoms with Crippen LogP contribution in [-0.2, 0) is 4.79 Å². The van der Waals surface area contributed by atoms with Crippen molar-refractivity contribution in [2.24, 2.45) is 0 Å². The number of hydrogen-bond acceptors (Lipinski definition) is 4. The van der Waals surface area contributed by atoms with E-state index in [2.05, 4.69) is 42.6 Å². The van der Waals surface area contributed by atoms with Gasteiger partial charge >= 0.3 is 0 Å².